The van der Waals surface area contributed by atoms with Crippen LogP contribution in [0.3, 0.4) is 0 Å². The standard InChI is InChI=1S/C19H17ClFN3O2S2/c20-14-4-2-13(3-5-14)18-23-24-19(26-18)28-12-17(25)22-10-1-11-27-16-8-6-15(21)7-9-16/h2-9H,1,10-12H2,(H,22,25). The van der Waals surface area contributed by atoms with Gasteiger partial charge in [0.05, 0.1) is 5.75 Å². The summed E-state index contributed by atoms with van der Waals surface area (Å²) in [5.74, 6) is 1.09. The molecular formula is C19H17ClFN3O2S2. The third-order valence-electron chi connectivity index (χ3n) is 3.55. The van der Waals surface area contributed by atoms with Crippen LogP contribution < -0.4 is 5.32 Å². The molecular weight excluding hydrogens is 421 g/mol. The van der Waals surface area contributed by atoms with E-state index in [9.17, 15) is 9.18 Å². The lowest BCUT2D eigenvalue weighted by Crippen LogP contribution is -2.26. The molecule has 0 radical (unpaired) electrons. The van der Waals surface area contributed by atoms with Crippen LogP contribution in [0.5, 0.6) is 0 Å². The first kappa shape index (κ1) is 20.7. The third-order valence-corrected chi connectivity index (χ3v) is 5.72. The Hall–Kier alpha value is -2.03. The molecule has 2 aromatic carbocycles. The SMILES string of the molecule is O=C(CSc1nnc(-c2ccc(Cl)cc2)o1)NCCCSc1ccc(F)cc1. The van der Waals surface area contributed by atoms with Gasteiger partial charge in [0.1, 0.15) is 5.82 Å². The Labute approximate surface area is 175 Å². The monoisotopic (exact) mass is 437 g/mol. The molecule has 0 saturated heterocycles. The first-order valence-electron chi connectivity index (χ1n) is 8.47. The summed E-state index contributed by atoms with van der Waals surface area (Å²) in [6.45, 7) is 0.577. The number of rotatable bonds is 9. The van der Waals surface area contributed by atoms with Crippen molar-refractivity contribution in [2.75, 3.05) is 18.1 Å². The highest BCUT2D eigenvalue weighted by atomic mass is 35.5. The number of nitrogens with zero attached hydrogens (tertiary/aromatic N) is 2. The number of halogens is 2. The second-order valence-electron chi connectivity index (χ2n) is 5.67. The summed E-state index contributed by atoms with van der Waals surface area (Å²) in [5.41, 5.74) is 0.770. The molecule has 146 valence electrons. The summed E-state index contributed by atoms with van der Waals surface area (Å²) in [7, 11) is 0. The summed E-state index contributed by atoms with van der Waals surface area (Å²) in [6, 6.07) is 13.5. The molecule has 1 aromatic heterocycles. The average Bonchev–Trinajstić information content (AvgIpc) is 3.17. The van der Waals surface area contributed by atoms with Crippen LogP contribution in [0.4, 0.5) is 4.39 Å². The van der Waals surface area contributed by atoms with Crippen LogP contribution in [0.2, 0.25) is 5.02 Å². The molecule has 28 heavy (non-hydrogen) atoms. The minimum Gasteiger partial charge on any atom is -0.411 e. The maximum absolute atomic E-state index is 12.8. The molecule has 3 aromatic rings. The van der Waals surface area contributed by atoms with Gasteiger partial charge < -0.3 is 9.73 Å². The second-order valence-corrected chi connectivity index (χ2v) is 8.21. The number of aromatic nitrogens is 2. The zero-order valence-corrected chi connectivity index (χ0v) is 17.1. The van der Waals surface area contributed by atoms with E-state index in [2.05, 4.69) is 15.5 Å². The summed E-state index contributed by atoms with van der Waals surface area (Å²) in [6.07, 6.45) is 0.819. The summed E-state index contributed by atoms with van der Waals surface area (Å²) < 4.78 is 18.4. The largest absolute Gasteiger partial charge is 0.411 e. The minimum atomic E-state index is -0.240. The average molecular weight is 438 g/mol. The van der Waals surface area contributed by atoms with Gasteiger partial charge >= 0.3 is 0 Å². The Bertz CT molecular complexity index is 904. The Morgan fingerprint density at radius 3 is 2.57 bits per heavy atom. The van der Waals surface area contributed by atoms with Crippen molar-refractivity contribution >= 4 is 41.0 Å². The van der Waals surface area contributed by atoms with Crippen molar-refractivity contribution in [3.63, 3.8) is 0 Å². The number of benzene rings is 2. The van der Waals surface area contributed by atoms with Gasteiger partial charge in [-0.25, -0.2) is 4.39 Å². The Kier molecular flexibility index (Phi) is 7.76. The van der Waals surface area contributed by atoms with Gasteiger partial charge in [0, 0.05) is 22.0 Å². The van der Waals surface area contributed by atoms with Gasteiger partial charge in [-0.2, -0.15) is 0 Å². The molecule has 3 rings (SSSR count). The van der Waals surface area contributed by atoms with E-state index >= 15 is 0 Å². The van der Waals surface area contributed by atoms with E-state index < -0.39 is 0 Å². The van der Waals surface area contributed by atoms with Crippen molar-refractivity contribution in [2.45, 2.75) is 16.5 Å². The van der Waals surface area contributed by atoms with Gasteiger partial charge in [-0.05, 0) is 60.7 Å². The van der Waals surface area contributed by atoms with Gasteiger partial charge in [0.25, 0.3) is 5.22 Å². The van der Waals surface area contributed by atoms with E-state index in [1.807, 2.05) is 0 Å². The molecule has 0 bridgehead atoms. The van der Waals surface area contributed by atoms with Crippen molar-refractivity contribution in [1.29, 1.82) is 0 Å². The molecule has 1 amide bonds. The van der Waals surface area contributed by atoms with Gasteiger partial charge in [0.15, 0.2) is 0 Å². The molecule has 0 unspecified atom stereocenters. The zero-order chi connectivity index (χ0) is 19.8. The predicted molar refractivity (Wildman–Crippen MR) is 110 cm³/mol. The first-order valence-corrected chi connectivity index (χ1v) is 10.8. The Morgan fingerprint density at radius 1 is 1.07 bits per heavy atom. The lowest BCUT2D eigenvalue weighted by molar-refractivity contribution is -0.118. The molecule has 0 atom stereocenters. The topological polar surface area (TPSA) is 68.0 Å². The van der Waals surface area contributed by atoms with E-state index in [1.165, 1.54) is 23.9 Å². The lowest BCUT2D eigenvalue weighted by atomic mass is 10.2. The fraction of sp³-hybridized carbons (Fsp3) is 0.211. The zero-order valence-electron chi connectivity index (χ0n) is 14.7. The van der Waals surface area contributed by atoms with Crippen molar-refractivity contribution in [3.8, 4) is 11.5 Å². The van der Waals surface area contributed by atoms with Gasteiger partial charge in [0.2, 0.25) is 11.8 Å². The smallest absolute Gasteiger partial charge is 0.277 e. The minimum absolute atomic E-state index is 0.0944. The van der Waals surface area contributed by atoms with E-state index in [0.29, 0.717) is 22.7 Å². The van der Waals surface area contributed by atoms with Gasteiger partial charge in [-0.3, -0.25) is 4.79 Å². The number of hydrogen-bond donors (Lipinski definition) is 1. The molecule has 9 heteroatoms. The van der Waals surface area contributed by atoms with Crippen molar-refractivity contribution in [2.24, 2.45) is 0 Å². The Morgan fingerprint density at radius 2 is 1.82 bits per heavy atom. The van der Waals surface area contributed by atoms with Gasteiger partial charge in [-0.1, -0.05) is 23.4 Å². The van der Waals surface area contributed by atoms with Crippen LogP contribution in [0.15, 0.2) is 63.1 Å². The fourth-order valence-electron chi connectivity index (χ4n) is 2.18. The quantitative estimate of drug-likeness (QED) is 0.378. The van der Waals surface area contributed by atoms with Crippen LogP contribution in [0.25, 0.3) is 11.5 Å². The van der Waals surface area contributed by atoms with Crippen LogP contribution in [0, 0.1) is 5.82 Å². The maximum Gasteiger partial charge on any atom is 0.277 e. The number of nitrogens with one attached hydrogen (secondary N) is 1. The number of hydrogen-bond acceptors (Lipinski definition) is 6. The molecule has 0 fully saturated rings. The van der Waals surface area contributed by atoms with Crippen LogP contribution >= 0.6 is 35.1 Å². The van der Waals surface area contributed by atoms with E-state index in [4.69, 9.17) is 16.0 Å². The Balaban J connectivity index is 1.33. The van der Waals surface area contributed by atoms with Crippen molar-refractivity contribution < 1.29 is 13.6 Å². The molecule has 1 heterocycles. The van der Waals surface area contributed by atoms with Crippen molar-refractivity contribution in [3.05, 3.63) is 59.4 Å². The number of carbonyl (C=O) groups is 1. The van der Waals surface area contributed by atoms with Crippen LogP contribution in [-0.2, 0) is 4.79 Å². The molecule has 0 aliphatic carbocycles. The van der Waals surface area contributed by atoms with Crippen molar-refractivity contribution in [1.82, 2.24) is 15.5 Å². The third kappa shape index (κ3) is 6.54. The second kappa shape index (κ2) is 10.5. The summed E-state index contributed by atoms with van der Waals surface area (Å²) in [5, 5.41) is 11.7. The summed E-state index contributed by atoms with van der Waals surface area (Å²) >= 11 is 8.67. The molecule has 1 N–H and O–H groups in total. The molecule has 0 saturated carbocycles. The fourth-order valence-corrected chi connectivity index (χ4v) is 3.75. The molecule has 0 aliphatic rings. The van der Waals surface area contributed by atoms with Crippen LogP contribution in [-0.4, -0.2) is 34.2 Å². The lowest BCUT2D eigenvalue weighted by Gasteiger charge is -2.04. The van der Waals surface area contributed by atoms with E-state index in [-0.39, 0.29) is 17.5 Å². The highest BCUT2D eigenvalue weighted by Crippen LogP contribution is 2.24. The molecule has 0 spiro atoms. The molecule has 5 nitrogen and oxygen atoms in total. The number of thioether (sulfide) groups is 2. The predicted octanol–water partition coefficient (Wildman–Crippen LogP) is 4.92. The van der Waals surface area contributed by atoms with Crippen LogP contribution in [0.1, 0.15) is 6.42 Å². The number of amides is 1. The maximum atomic E-state index is 12.8. The first-order chi connectivity index (χ1) is 13.6. The summed E-state index contributed by atoms with van der Waals surface area (Å²) in [4.78, 5) is 12.9. The van der Waals surface area contributed by atoms with E-state index in [1.54, 1.807) is 48.2 Å². The number of carbonyl (C=O) groups excluding carboxylic acids is 1. The highest BCUT2D eigenvalue weighted by Gasteiger charge is 2.11. The normalized spacial score (nSPS) is 10.8. The van der Waals surface area contributed by atoms with E-state index in [0.717, 1.165) is 22.6 Å². The van der Waals surface area contributed by atoms with Gasteiger partial charge in [-0.15, -0.1) is 22.0 Å². The molecule has 0 aliphatic heterocycles. The highest BCUT2D eigenvalue weighted by molar-refractivity contribution is 7.99.